The van der Waals surface area contributed by atoms with Crippen molar-refractivity contribution in [2.45, 2.75) is 20.0 Å². The number of nitrogens with zero attached hydrogens (tertiary/aromatic N) is 1. The number of carbonyl (C=O) groups is 1. The first-order valence-corrected chi connectivity index (χ1v) is 6.22. The predicted octanol–water partition coefficient (Wildman–Crippen LogP) is 1.55. The molecule has 1 unspecified atom stereocenters. The summed E-state index contributed by atoms with van der Waals surface area (Å²) in [4.78, 5) is 13.9. The number of hydrogen-bond acceptors (Lipinski definition) is 4. The van der Waals surface area contributed by atoms with E-state index in [0.717, 1.165) is 0 Å². The Balaban J connectivity index is 2.98. The van der Waals surface area contributed by atoms with Crippen molar-refractivity contribution in [3.8, 4) is 11.5 Å². The minimum Gasteiger partial charge on any atom is -0.493 e. The van der Waals surface area contributed by atoms with Crippen LogP contribution in [0, 0.1) is 0 Å². The smallest absolute Gasteiger partial charge is 0.254 e. The lowest BCUT2D eigenvalue weighted by Gasteiger charge is -2.22. The van der Waals surface area contributed by atoms with E-state index in [0.29, 0.717) is 30.2 Å². The van der Waals surface area contributed by atoms with Gasteiger partial charge in [-0.25, -0.2) is 0 Å². The van der Waals surface area contributed by atoms with Crippen LogP contribution in [0.15, 0.2) is 18.2 Å². The quantitative estimate of drug-likeness (QED) is 0.849. The molecule has 1 rings (SSSR count). The van der Waals surface area contributed by atoms with Crippen molar-refractivity contribution in [3.05, 3.63) is 23.8 Å². The molecule has 0 bridgehead atoms. The third-order valence-corrected chi connectivity index (χ3v) is 2.78. The zero-order chi connectivity index (χ0) is 14.4. The largest absolute Gasteiger partial charge is 0.493 e. The van der Waals surface area contributed by atoms with E-state index in [1.54, 1.807) is 37.1 Å². The summed E-state index contributed by atoms with van der Waals surface area (Å²) < 4.78 is 10.3. The van der Waals surface area contributed by atoms with Crippen molar-refractivity contribution in [1.29, 1.82) is 0 Å². The Kier molecular flexibility index (Phi) is 5.63. The van der Waals surface area contributed by atoms with E-state index < -0.39 is 6.10 Å². The minimum atomic E-state index is -0.552. The fourth-order valence-electron chi connectivity index (χ4n) is 1.83. The highest BCUT2D eigenvalue weighted by Crippen LogP contribution is 2.28. The van der Waals surface area contributed by atoms with Crippen LogP contribution >= 0.6 is 0 Å². The summed E-state index contributed by atoms with van der Waals surface area (Å²) in [5.41, 5.74) is 0.514. The first-order valence-electron chi connectivity index (χ1n) is 6.22. The van der Waals surface area contributed by atoms with Crippen LogP contribution < -0.4 is 9.47 Å². The topological polar surface area (TPSA) is 59.0 Å². The standard InChI is InChI=1S/C14H21NO4/c1-5-15(9-10(2)16)14(17)11-6-7-12(18-3)13(8-11)19-4/h6-8,10,16H,5,9H2,1-4H3. The van der Waals surface area contributed by atoms with Gasteiger partial charge < -0.3 is 19.5 Å². The van der Waals surface area contributed by atoms with Crippen molar-refractivity contribution < 1.29 is 19.4 Å². The van der Waals surface area contributed by atoms with Crippen LogP contribution in [0.25, 0.3) is 0 Å². The zero-order valence-electron chi connectivity index (χ0n) is 11.8. The summed E-state index contributed by atoms with van der Waals surface area (Å²) in [5.74, 6) is 0.962. The summed E-state index contributed by atoms with van der Waals surface area (Å²) >= 11 is 0. The van der Waals surface area contributed by atoms with Gasteiger partial charge in [0.05, 0.1) is 20.3 Å². The van der Waals surface area contributed by atoms with Gasteiger partial charge in [-0.05, 0) is 32.0 Å². The number of carbonyl (C=O) groups excluding carboxylic acids is 1. The molecule has 0 saturated heterocycles. The highest BCUT2D eigenvalue weighted by molar-refractivity contribution is 5.95. The van der Waals surface area contributed by atoms with Crippen molar-refractivity contribution >= 4 is 5.91 Å². The zero-order valence-corrected chi connectivity index (χ0v) is 11.8. The van der Waals surface area contributed by atoms with Gasteiger partial charge in [0.15, 0.2) is 11.5 Å². The third kappa shape index (κ3) is 3.86. The molecule has 19 heavy (non-hydrogen) atoms. The Morgan fingerprint density at radius 3 is 2.42 bits per heavy atom. The first kappa shape index (κ1) is 15.3. The monoisotopic (exact) mass is 267 g/mol. The van der Waals surface area contributed by atoms with Crippen LogP contribution in [0.5, 0.6) is 11.5 Å². The summed E-state index contributed by atoms with van der Waals surface area (Å²) in [6, 6.07) is 5.03. The summed E-state index contributed by atoms with van der Waals surface area (Å²) in [6.07, 6.45) is -0.552. The number of rotatable bonds is 6. The maximum atomic E-state index is 12.3. The highest BCUT2D eigenvalue weighted by Gasteiger charge is 2.17. The van der Waals surface area contributed by atoms with E-state index in [-0.39, 0.29) is 5.91 Å². The lowest BCUT2D eigenvalue weighted by molar-refractivity contribution is 0.0660. The van der Waals surface area contributed by atoms with Crippen molar-refractivity contribution in [2.24, 2.45) is 0 Å². The molecule has 0 fully saturated rings. The van der Waals surface area contributed by atoms with Gasteiger partial charge in [-0.15, -0.1) is 0 Å². The molecule has 0 aliphatic rings. The third-order valence-electron chi connectivity index (χ3n) is 2.78. The van der Waals surface area contributed by atoms with Crippen LogP contribution in [0.3, 0.4) is 0 Å². The number of hydrogen-bond donors (Lipinski definition) is 1. The van der Waals surface area contributed by atoms with Gasteiger partial charge in [0, 0.05) is 18.7 Å². The molecule has 0 aromatic heterocycles. The molecule has 1 N–H and O–H groups in total. The van der Waals surface area contributed by atoms with Gasteiger partial charge in [-0.3, -0.25) is 4.79 Å². The molecule has 0 radical (unpaired) electrons. The van der Waals surface area contributed by atoms with E-state index in [2.05, 4.69) is 0 Å². The summed E-state index contributed by atoms with van der Waals surface area (Å²) in [5, 5.41) is 9.39. The Bertz CT molecular complexity index is 431. The normalized spacial score (nSPS) is 11.8. The van der Waals surface area contributed by atoms with E-state index >= 15 is 0 Å². The molecule has 5 nitrogen and oxygen atoms in total. The van der Waals surface area contributed by atoms with Gasteiger partial charge in [0.1, 0.15) is 0 Å². The first-order chi connectivity index (χ1) is 9.03. The van der Waals surface area contributed by atoms with Crippen LogP contribution in [0.2, 0.25) is 0 Å². The molecule has 0 aliphatic carbocycles. The molecule has 1 amide bonds. The fourth-order valence-corrected chi connectivity index (χ4v) is 1.83. The van der Waals surface area contributed by atoms with E-state index in [1.165, 1.54) is 7.11 Å². The van der Waals surface area contributed by atoms with Gasteiger partial charge in [-0.1, -0.05) is 0 Å². The second kappa shape index (κ2) is 6.99. The van der Waals surface area contributed by atoms with Crippen LogP contribution in [-0.4, -0.2) is 49.3 Å². The average Bonchev–Trinajstić information content (AvgIpc) is 2.42. The van der Waals surface area contributed by atoms with E-state index in [1.807, 2.05) is 6.92 Å². The molecule has 1 atom stereocenters. The highest BCUT2D eigenvalue weighted by atomic mass is 16.5. The Morgan fingerprint density at radius 2 is 1.95 bits per heavy atom. The predicted molar refractivity (Wildman–Crippen MR) is 72.8 cm³/mol. The summed E-state index contributed by atoms with van der Waals surface area (Å²) in [7, 11) is 3.07. The van der Waals surface area contributed by atoms with Gasteiger partial charge in [0.25, 0.3) is 5.91 Å². The van der Waals surface area contributed by atoms with Crippen molar-refractivity contribution in [3.63, 3.8) is 0 Å². The molecule has 0 saturated carbocycles. The number of likely N-dealkylation sites (N-methyl/N-ethyl adjacent to an activating group) is 1. The number of ether oxygens (including phenoxy) is 2. The van der Waals surface area contributed by atoms with E-state index in [4.69, 9.17) is 9.47 Å². The lowest BCUT2D eigenvalue weighted by Crippen LogP contribution is -2.36. The minimum absolute atomic E-state index is 0.135. The maximum absolute atomic E-state index is 12.3. The second-order valence-electron chi connectivity index (χ2n) is 4.26. The van der Waals surface area contributed by atoms with Crippen LogP contribution in [-0.2, 0) is 0 Å². The molecule has 0 heterocycles. The number of aliphatic hydroxyl groups is 1. The maximum Gasteiger partial charge on any atom is 0.254 e. The van der Waals surface area contributed by atoms with Crippen molar-refractivity contribution in [1.82, 2.24) is 4.90 Å². The lowest BCUT2D eigenvalue weighted by atomic mass is 10.1. The van der Waals surface area contributed by atoms with Gasteiger partial charge in [0.2, 0.25) is 0 Å². The molecule has 5 heteroatoms. The number of aliphatic hydroxyl groups excluding tert-OH is 1. The van der Waals surface area contributed by atoms with Gasteiger partial charge >= 0.3 is 0 Å². The molecule has 1 aromatic carbocycles. The molecule has 0 spiro atoms. The average molecular weight is 267 g/mol. The van der Waals surface area contributed by atoms with Crippen LogP contribution in [0.1, 0.15) is 24.2 Å². The number of amides is 1. The molecular weight excluding hydrogens is 246 g/mol. The second-order valence-corrected chi connectivity index (χ2v) is 4.26. The molecule has 0 aliphatic heterocycles. The van der Waals surface area contributed by atoms with E-state index in [9.17, 15) is 9.90 Å². The molecule has 106 valence electrons. The molecular formula is C14H21NO4. The number of methoxy groups -OCH3 is 2. The van der Waals surface area contributed by atoms with Crippen molar-refractivity contribution in [2.75, 3.05) is 27.3 Å². The van der Waals surface area contributed by atoms with Crippen LogP contribution in [0.4, 0.5) is 0 Å². The Morgan fingerprint density at radius 1 is 1.32 bits per heavy atom. The Hall–Kier alpha value is -1.75. The number of benzene rings is 1. The summed E-state index contributed by atoms with van der Waals surface area (Å²) in [6.45, 7) is 4.38. The fraction of sp³-hybridized carbons (Fsp3) is 0.500. The molecule has 1 aromatic rings. The van der Waals surface area contributed by atoms with Gasteiger partial charge in [-0.2, -0.15) is 0 Å². The SMILES string of the molecule is CCN(CC(C)O)C(=O)c1ccc(OC)c(OC)c1. The Labute approximate surface area is 113 Å².